The number of benzene rings is 1. The molecule has 1 saturated heterocycles. The number of nitrogens with one attached hydrogen (secondary N) is 1. The number of rotatable bonds is 6. The zero-order valence-corrected chi connectivity index (χ0v) is 18.0. The van der Waals surface area contributed by atoms with Gasteiger partial charge in [0.15, 0.2) is 5.65 Å². The molecule has 2 aromatic heterocycles. The number of fused-ring (bicyclic) bond motifs is 2. The molecule has 6 heteroatoms. The molecule has 5 rings (SSSR count). The third-order valence-corrected chi connectivity index (χ3v) is 6.57. The van der Waals surface area contributed by atoms with E-state index >= 15 is 0 Å². The van der Waals surface area contributed by atoms with Crippen molar-refractivity contribution < 1.29 is 4.74 Å². The third kappa shape index (κ3) is 3.21. The molecule has 0 radical (unpaired) electrons. The summed E-state index contributed by atoms with van der Waals surface area (Å²) < 4.78 is 7.42. The van der Waals surface area contributed by atoms with Gasteiger partial charge < -0.3 is 10.1 Å². The van der Waals surface area contributed by atoms with Crippen LogP contribution in [0.2, 0.25) is 5.02 Å². The molecule has 1 aromatic carbocycles. The first-order valence-corrected chi connectivity index (χ1v) is 11.1. The van der Waals surface area contributed by atoms with Crippen molar-refractivity contribution in [2.45, 2.75) is 65.0 Å². The molecule has 29 heavy (non-hydrogen) atoms. The normalized spacial score (nSPS) is 17.9. The van der Waals surface area contributed by atoms with E-state index < -0.39 is 0 Å². The summed E-state index contributed by atoms with van der Waals surface area (Å²) in [5.74, 6) is 1.12. The van der Waals surface area contributed by atoms with Gasteiger partial charge in [-0.1, -0.05) is 37.6 Å². The highest BCUT2D eigenvalue weighted by Gasteiger charge is 2.28. The highest BCUT2D eigenvalue weighted by atomic mass is 35.5. The number of aromatic nitrogens is 3. The highest BCUT2D eigenvalue weighted by Crippen LogP contribution is 2.39. The number of epoxide rings is 1. The SMILES string of the molecule is CCC(CC)Nc1c2c(nc3c(-c4ccc(C5CO5)cc4Cl)c(C)nn13)CCC2. The van der Waals surface area contributed by atoms with E-state index in [1.54, 1.807) is 0 Å². The van der Waals surface area contributed by atoms with Gasteiger partial charge in [0.1, 0.15) is 11.9 Å². The van der Waals surface area contributed by atoms with Crippen LogP contribution < -0.4 is 5.32 Å². The van der Waals surface area contributed by atoms with Crippen LogP contribution in [0, 0.1) is 6.92 Å². The minimum absolute atomic E-state index is 0.198. The van der Waals surface area contributed by atoms with Crippen LogP contribution in [0.1, 0.15) is 61.7 Å². The molecule has 1 atom stereocenters. The number of aryl methyl sites for hydroxylation is 2. The number of ether oxygens (including phenoxy) is 1. The maximum Gasteiger partial charge on any atom is 0.165 e. The van der Waals surface area contributed by atoms with E-state index in [1.165, 1.54) is 11.3 Å². The van der Waals surface area contributed by atoms with Crippen LogP contribution in [0.3, 0.4) is 0 Å². The minimum Gasteiger partial charge on any atom is -0.368 e. The number of hydrogen-bond donors (Lipinski definition) is 1. The van der Waals surface area contributed by atoms with Crippen molar-refractivity contribution in [1.82, 2.24) is 14.6 Å². The molecule has 1 fully saturated rings. The second kappa shape index (κ2) is 7.29. The molecule has 0 amide bonds. The molecule has 5 nitrogen and oxygen atoms in total. The van der Waals surface area contributed by atoms with Crippen molar-refractivity contribution in [1.29, 1.82) is 0 Å². The molecule has 152 valence electrons. The first-order chi connectivity index (χ1) is 14.1. The molecule has 0 bridgehead atoms. The van der Waals surface area contributed by atoms with Crippen molar-refractivity contribution in [3.05, 3.63) is 45.7 Å². The van der Waals surface area contributed by atoms with Crippen LogP contribution in [0.15, 0.2) is 18.2 Å². The van der Waals surface area contributed by atoms with E-state index in [4.69, 9.17) is 26.4 Å². The molecule has 3 aromatic rings. The Morgan fingerprint density at radius 3 is 2.76 bits per heavy atom. The lowest BCUT2D eigenvalue weighted by atomic mass is 10.0. The van der Waals surface area contributed by atoms with Crippen LogP contribution >= 0.6 is 11.6 Å². The molecule has 2 aliphatic rings. The molecule has 0 spiro atoms. The van der Waals surface area contributed by atoms with Crippen molar-refractivity contribution >= 4 is 23.1 Å². The van der Waals surface area contributed by atoms with E-state index in [1.807, 2.05) is 17.5 Å². The predicted molar refractivity (Wildman–Crippen MR) is 117 cm³/mol. The second-order valence-electron chi connectivity index (χ2n) is 8.15. The Hall–Kier alpha value is -2.11. The van der Waals surface area contributed by atoms with E-state index in [9.17, 15) is 0 Å². The Morgan fingerprint density at radius 1 is 1.28 bits per heavy atom. The number of anilines is 1. The average Bonchev–Trinajstić information content (AvgIpc) is 3.38. The van der Waals surface area contributed by atoms with Crippen LogP contribution in [0.4, 0.5) is 5.82 Å². The Morgan fingerprint density at radius 2 is 2.07 bits per heavy atom. The maximum atomic E-state index is 6.72. The van der Waals surface area contributed by atoms with Crippen LogP contribution in [0.5, 0.6) is 0 Å². The molecular weight excluding hydrogens is 384 g/mol. The smallest absolute Gasteiger partial charge is 0.165 e. The summed E-state index contributed by atoms with van der Waals surface area (Å²) >= 11 is 6.72. The predicted octanol–water partition coefficient (Wildman–Crippen LogP) is 5.52. The van der Waals surface area contributed by atoms with Gasteiger partial charge in [-0.05, 0) is 50.7 Å². The van der Waals surface area contributed by atoms with Gasteiger partial charge in [-0.3, -0.25) is 0 Å². The summed E-state index contributed by atoms with van der Waals surface area (Å²) in [5, 5.41) is 9.41. The van der Waals surface area contributed by atoms with E-state index in [-0.39, 0.29) is 6.10 Å². The summed E-state index contributed by atoms with van der Waals surface area (Å²) in [6.07, 6.45) is 5.60. The molecule has 1 aliphatic heterocycles. The Kier molecular flexibility index (Phi) is 4.75. The molecule has 0 saturated carbocycles. The number of nitrogens with zero attached hydrogens (tertiary/aromatic N) is 3. The Labute approximate surface area is 176 Å². The van der Waals surface area contributed by atoms with Gasteiger partial charge in [0.05, 0.1) is 17.9 Å². The molecule has 1 N–H and O–H groups in total. The van der Waals surface area contributed by atoms with Gasteiger partial charge >= 0.3 is 0 Å². The lowest BCUT2D eigenvalue weighted by Crippen LogP contribution is -2.21. The standard InChI is InChI=1S/C23H27ClN4O/c1-4-15(5-2)25-22-17-7-6-8-19(17)26-23-21(13(3)27-28(22)23)16-10-9-14(11-18(16)24)20-12-29-20/h9-11,15,20,25H,4-8,12H2,1-3H3. The largest absolute Gasteiger partial charge is 0.368 e. The van der Waals surface area contributed by atoms with E-state index in [0.29, 0.717) is 6.04 Å². The summed E-state index contributed by atoms with van der Waals surface area (Å²) in [6.45, 7) is 7.28. The van der Waals surface area contributed by atoms with E-state index in [0.717, 1.165) is 77.6 Å². The Bertz CT molecular complexity index is 1080. The highest BCUT2D eigenvalue weighted by molar-refractivity contribution is 6.33. The molecular formula is C23H27ClN4O. The first kappa shape index (κ1) is 18.9. The van der Waals surface area contributed by atoms with Gasteiger partial charge in [0.25, 0.3) is 0 Å². The van der Waals surface area contributed by atoms with Gasteiger partial charge in [-0.15, -0.1) is 0 Å². The topological polar surface area (TPSA) is 54.8 Å². The van der Waals surface area contributed by atoms with E-state index in [2.05, 4.69) is 31.3 Å². The minimum atomic E-state index is 0.198. The van der Waals surface area contributed by atoms with Crippen molar-refractivity contribution in [2.24, 2.45) is 0 Å². The van der Waals surface area contributed by atoms with Crippen molar-refractivity contribution in [2.75, 3.05) is 11.9 Å². The first-order valence-electron chi connectivity index (χ1n) is 10.7. The summed E-state index contributed by atoms with van der Waals surface area (Å²) in [6, 6.07) is 6.65. The van der Waals surface area contributed by atoms with Crippen LogP contribution in [-0.4, -0.2) is 27.2 Å². The zero-order chi connectivity index (χ0) is 20.1. The lowest BCUT2D eigenvalue weighted by Gasteiger charge is -2.19. The number of hydrogen-bond acceptors (Lipinski definition) is 4. The van der Waals surface area contributed by atoms with Crippen LogP contribution in [0.25, 0.3) is 16.8 Å². The van der Waals surface area contributed by atoms with Gasteiger partial charge in [0, 0.05) is 27.9 Å². The van der Waals surface area contributed by atoms with Crippen molar-refractivity contribution in [3.63, 3.8) is 0 Å². The zero-order valence-electron chi connectivity index (χ0n) is 17.3. The second-order valence-corrected chi connectivity index (χ2v) is 8.56. The number of halogens is 1. The Balaban J connectivity index is 1.69. The van der Waals surface area contributed by atoms with Gasteiger partial charge in [0.2, 0.25) is 0 Å². The quantitative estimate of drug-likeness (QED) is 0.543. The lowest BCUT2D eigenvalue weighted by molar-refractivity contribution is 0.415. The van der Waals surface area contributed by atoms with Crippen molar-refractivity contribution in [3.8, 4) is 11.1 Å². The fourth-order valence-corrected chi connectivity index (χ4v) is 4.74. The monoisotopic (exact) mass is 410 g/mol. The van der Waals surface area contributed by atoms with Gasteiger partial charge in [-0.25, -0.2) is 4.98 Å². The third-order valence-electron chi connectivity index (χ3n) is 6.26. The molecule has 1 aliphatic carbocycles. The average molecular weight is 411 g/mol. The van der Waals surface area contributed by atoms with Gasteiger partial charge in [-0.2, -0.15) is 9.61 Å². The molecule has 1 unspecified atom stereocenters. The maximum absolute atomic E-state index is 6.72. The summed E-state index contributed by atoms with van der Waals surface area (Å²) in [4.78, 5) is 5.06. The summed E-state index contributed by atoms with van der Waals surface area (Å²) in [7, 11) is 0. The molecule has 3 heterocycles. The summed E-state index contributed by atoms with van der Waals surface area (Å²) in [5.41, 5.74) is 7.53. The fourth-order valence-electron chi connectivity index (χ4n) is 4.46. The fraction of sp³-hybridized carbons (Fsp3) is 0.478. The van der Waals surface area contributed by atoms with Crippen LogP contribution in [-0.2, 0) is 17.6 Å².